The number of phenolic OH excluding ortho intramolecular Hbond substituents is 1. The van der Waals surface area contributed by atoms with E-state index in [0.29, 0.717) is 17.4 Å². The number of methoxy groups -OCH3 is 1. The lowest BCUT2D eigenvalue weighted by Gasteiger charge is -2.06. The molecule has 0 atom stereocenters. The van der Waals surface area contributed by atoms with Crippen LogP contribution in [0.2, 0.25) is 0 Å². The lowest BCUT2D eigenvalue weighted by atomic mass is 10.2. The van der Waals surface area contributed by atoms with Crippen molar-refractivity contribution in [3.05, 3.63) is 33.6 Å². The Labute approximate surface area is 136 Å². The monoisotopic (exact) mass is 337 g/mol. The molecular formula is C13H15N5O4S. The number of rotatable bonds is 6. The Bertz CT molecular complexity index is 738. The van der Waals surface area contributed by atoms with E-state index in [4.69, 9.17) is 4.74 Å². The van der Waals surface area contributed by atoms with Gasteiger partial charge in [0.1, 0.15) is 0 Å². The number of nitrogens with zero attached hydrogens (tertiary/aromatic N) is 5. The molecule has 1 aromatic carbocycles. The maximum atomic E-state index is 11.0. The number of non-ortho nitro benzene ring substituents is 1. The average Bonchev–Trinajstić information content (AvgIpc) is 2.95. The van der Waals surface area contributed by atoms with Crippen molar-refractivity contribution in [3.8, 4) is 11.5 Å². The summed E-state index contributed by atoms with van der Waals surface area (Å²) in [7, 11) is 1.32. The minimum atomic E-state index is -0.567. The summed E-state index contributed by atoms with van der Waals surface area (Å²) in [6.45, 7) is 1.91. The molecule has 2 aromatic rings. The van der Waals surface area contributed by atoms with Gasteiger partial charge in [0, 0.05) is 18.1 Å². The summed E-state index contributed by atoms with van der Waals surface area (Å²) in [4.78, 5) is 10.4. The van der Waals surface area contributed by atoms with Gasteiger partial charge in [0.25, 0.3) is 5.69 Å². The fraction of sp³-hybridized carbons (Fsp3) is 0.308. The van der Waals surface area contributed by atoms with Crippen LogP contribution in [0.15, 0.2) is 22.4 Å². The van der Waals surface area contributed by atoms with Gasteiger partial charge in [-0.15, -0.1) is 10.2 Å². The molecule has 0 aliphatic carbocycles. The molecule has 0 unspecified atom stereocenters. The molecule has 1 heterocycles. The van der Waals surface area contributed by atoms with Crippen molar-refractivity contribution in [2.75, 3.05) is 13.4 Å². The van der Waals surface area contributed by atoms with Crippen LogP contribution in [-0.2, 0) is 6.42 Å². The molecule has 122 valence electrons. The molecule has 0 saturated carbocycles. The van der Waals surface area contributed by atoms with Gasteiger partial charge < -0.3 is 9.84 Å². The zero-order chi connectivity index (χ0) is 17.0. The predicted molar refractivity (Wildman–Crippen MR) is 85.5 cm³/mol. The third-order valence-electron chi connectivity index (χ3n) is 3.01. The first-order valence-corrected chi connectivity index (χ1v) is 7.82. The van der Waals surface area contributed by atoms with Crippen LogP contribution in [0.25, 0.3) is 0 Å². The highest BCUT2D eigenvalue weighted by atomic mass is 32.2. The summed E-state index contributed by atoms with van der Waals surface area (Å²) < 4.78 is 6.47. The minimum absolute atomic E-state index is 0.00483. The van der Waals surface area contributed by atoms with Crippen molar-refractivity contribution in [3.63, 3.8) is 0 Å². The van der Waals surface area contributed by atoms with Crippen LogP contribution >= 0.6 is 11.8 Å². The van der Waals surface area contributed by atoms with Crippen molar-refractivity contribution in [2.24, 2.45) is 5.10 Å². The minimum Gasteiger partial charge on any atom is -0.504 e. The summed E-state index contributed by atoms with van der Waals surface area (Å²) >= 11 is 1.37. The Morgan fingerprint density at radius 1 is 1.52 bits per heavy atom. The normalized spacial score (nSPS) is 11.1. The van der Waals surface area contributed by atoms with E-state index in [1.165, 1.54) is 35.8 Å². The number of ether oxygens (including phenoxy) is 1. The number of aromatic hydroxyl groups is 1. The zero-order valence-corrected chi connectivity index (χ0v) is 13.6. The molecule has 0 saturated heterocycles. The summed E-state index contributed by atoms with van der Waals surface area (Å²) in [5.41, 5.74) is -0.0375. The first kappa shape index (κ1) is 16.7. The van der Waals surface area contributed by atoms with E-state index < -0.39 is 4.92 Å². The molecule has 0 radical (unpaired) electrons. The van der Waals surface area contributed by atoms with Crippen molar-refractivity contribution in [1.29, 1.82) is 0 Å². The van der Waals surface area contributed by atoms with E-state index in [1.54, 1.807) is 0 Å². The highest BCUT2D eigenvalue weighted by molar-refractivity contribution is 7.98. The molecule has 0 amide bonds. The highest BCUT2D eigenvalue weighted by Crippen LogP contribution is 2.33. The van der Waals surface area contributed by atoms with E-state index in [1.807, 2.05) is 13.2 Å². The third-order valence-corrected chi connectivity index (χ3v) is 3.63. The van der Waals surface area contributed by atoms with Crippen LogP contribution in [-0.4, -0.2) is 44.5 Å². The van der Waals surface area contributed by atoms with Gasteiger partial charge in [-0.2, -0.15) is 9.78 Å². The van der Waals surface area contributed by atoms with E-state index in [-0.39, 0.29) is 22.7 Å². The number of nitro benzene ring substituents is 1. The van der Waals surface area contributed by atoms with Crippen molar-refractivity contribution < 1.29 is 14.8 Å². The topological polar surface area (TPSA) is 116 Å². The first-order chi connectivity index (χ1) is 11.0. The predicted octanol–water partition coefficient (Wildman–Crippen LogP) is 2.07. The number of thioether (sulfide) groups is 1. The van der Waals surface area contributed by atoms with Gasteiger partial charge in [-0.05, 0) is 6.26 Å². The van der Waals surface area contributed by atoms with E-state index in [0.717, 1.165) is 6.07 Å². The summed E-state index contributed by atoms with van der Waals surface area (Å²) in [6, 6.07) is 2.37. The Hall–Kier alpha value is -2.62. The SMILES string of the molecule is CCc1nnc(SC)n1/N=C\c1cc([N+](=O)[O-])cc(OC)c1O. The lowest BCUT2D eigenvalue weighted by molar-refractivity contribution is -0.385. The highest BCUT2D eigenvalue weighted by Gasteiger charge is 2.16. The molecule has 0 bridgehead atoms. The molecule has 23 heavy (non-hydrogen) atoms. The number of hydrogen-bond acceptors (Lipinski definition) is 8. The van der Waals surface area contributed by atoms with E-state index in [2.05, 4.69) is 15.3 Å². The van der Waals surface area contributed by atoms with E-state index >= 15 is 0 Å². The molecule has 0 aliphatic heterocycles. The average molecular weight is 337 g/mol. The molecule has 0 fully saturated rings. The third kappa shape index (κ3) is 3.42. The lowest BCUT2D eigenvalue weighted by Crippen LogP contribution is -2.00. The smallest absolute Gasteiger partial charge is 0.274 e. The second-order valence-corrected chi connectivity index (χ2v) is 5.13. The number of phenols is 1. The molecule has 1 N–H and O–H groups in total. The molecule has 1 aromatic heterocycles. The number of nitro groups is 1. The van der Waals surface area contributed by atoms with Crippen molar-refractivity contribution >= 4 is 23.7 Å². The number of aromatic nitrogens is 3. The Morgan fingerprint density at radius 3 is 2.83 bits per heavy atom. The van der Waals surface area contributed by atoms with Gasteiger partial charge in [-0.1, -0.05) is 18.7 Å². The van der Waals surface area contributed by atoms with Crippen LogP contribution in [0.5, 0.6) is 11.5 Å². The van der Waals surface area contributed by atoms with Gasteiger partial charge in [0.15, 0.2) is 17.3 Å². The van der Waals surface area contributed by atoms with Gasteiger partial charge in [0.2, 0.25) is 5.16 Å². The Balaban J connectivity index is 2.49. The number of aryl methyl sites for hydroxylation is 1. The van der Waals surface area contributed by atoms with Gasteiger partial charge in [-0.25, -0.2) is 0 Å². The molecular weight excluding hydrogens is 322 g/mol. The number of benzene rings is 1. The fourth-order valence-electron chi connectivity index (χ4n) is 1.85. The van der Waals surface area contributed by atoms with Crippen molar-refractivity contribution in [2.45, 2.75) is 18.5 Å². The number of hydrogen-bond donors (Lipinski definition) is 1. The van der Waals surface area contributed by atoms with Crippen LogP contribution in [0.4, 0.5) is 5.69 Å². The van der Waals surface area contributed by atoms with Crippen LogP contribution in [0.3, 0.4) is 0 Å². The second-order valence-electron chi connectivity index (χ2n) is 4.36. The Morgan fingerprint density at radius 2 is 2.26 bits per heavy atom. The first-order valence-electron chi connectivity index (χ1n) is 6.59. The molecule has 2 rings (SSSR count). The Kier molecular flexibility index (Phi) is 5.16. The summed E-state index contributed by atoms with van der Waals surface area (Å²) in [6.07, 6.45) is 3.77. The van der Waals surface area contributed by atoms with Crippen LogP contribution < -0.4 is 4.74 Å². The van der Waals surface area contributed by atoms with Gasteiger partial charge in [-0.3, -0.25) is 10.1 Å². The van der Waals surface area contributed by atoms with Gasteiger partial charge >= 0.3 is 0 Å². The summed E-state index contributed by atoms with van der Waals surface area (Å²) in [5.74, 6) is 0.423. The molecule has 0 aliphatic rings. The fourth-order valence-corrected chi connectivity index (χ4v) is 2.30. The van der Waals surface area contributed by atoms with Crippen LogP contribution in [0.1, 0.15) is 18.3 Å². The van der Waals surface area contributed by atoms with Crippen LogP contribution in [0, 0.1) is 10.1 Å². The maximum Gasteiger partial charge on any atom is 0.274 e. The van der Waals surface area contributed by atoms with E-state index in [9.17, 15) is 15.2 Å². The largest absolute Gasteiger partial charge is 0.504 e. The standard InChI is InChI=1S/C13H15N5O4S/c1-4-11-15-16-13(23-3)17(11)14-7-8-5-9(18(20)21)6-10(22-2)12(8)19/h5-7,19H,4H2,1-3H3/b14-7-. The molecule has 10 heteroatoms. The van der Waals surface area contributed by atoms with Gasteiger partial charge in [0.05, 0.1) is 24.3 Å². The summed E-state index contributed by atoms with van der Waals surface area (Å²) in [5, 5.41) is 33.8. The maximum absolute atomic E-state index is 11.0. The zero-order valence-electron chi connectivity index (χ0n) is 12.8. The molecule has 0 spiro atoms. The molecule has 9 nitrogen and oxygen atoms in total. The second kappa shape index (κ2) is 7.09. The quantitative estimate of drug-likeness (QED) is 0.371. The van der Waals surface area contributed by atoms with Crippen molar-refractivity contribution in [1.82, 2.24) is 14.9 Å².